The number of carbonyl (C=O) groups excluding carboxylic acids is 1. The molecule has 0 saturated heterocycles. The summed E-state index contributed by atoms with van der Waals surface area (Å²) in [5.74, 6) is 3.13. The number of nitrogens with zero attached hydrogens (tertiary/aromatic N) is 2. The van der Waals surface area contributed by atoms with Gasteiger partial charge in [0, 0.05) is 35.9 Å². The number of carbonyl (C=O) groups is 1. The molecule has 5 nitrogen and oxygen atoms in total. The zero-order valence-electron chi connectivity index (χ0n) is 23.0. The number of rotatable bonds is 2. The van der Waals surface area contributed by atoms with Gasteiger partial charge in [-0.05, 0) is 80.0 Å². The first-order valence-corrected chi connectivity index (χ1v) is 15.1. The molecule has 2 N–H and O–H groups in total. The van der Waals surface area contributed by atoms with Gasteiger partial charge in [-0.15, -0.1) is 0 Å². The van der Waals surface area contributed by atoms with Gasteiger partial charge in [0.15, 0.2) is 0 Å². The van der Waals surface area contributed by atoms with E-state index in [4.69, 9.17) is 15.5 Å². The van der Waals surface area contributed by atoms with Crippen LogP contribution in [-0.2, 0) is 11.2 Å². The van der Waals surface area contributed by atoms with Crippen LogP contribution in [0.3, 0.4) is 0 Å². The fraction of sp³-hybridized carbons (Fsp3) is 0.471. The Morgan fingerprint density at radius 1 is 0.872 bits per heavy atom. The fourth-order valence-electron chi connectivity index (χ4n) is 7.01. The van der Waals surface area contributed by atoms with Crippen LogP contribution in [0.1, 0.15) is 87.7 Å². The normalized spacial score (nSPS) is 21.8. The van der Waals surface area contributed by atoms with Crippen LogP contribution in [0.15, 0.2) is 60.7 Å². The van der Waals surface area contributed by atoms with Crippen LogP contribution in [0.5, 0.6) is 11.5 Å². The van der Waals surface area contributed by atoms with Crippen molar-refractivity contribution in [3.05, 3.63) is 71.8 Å². The van der Waals surface area contributed by atoms with Crippen molar-refractivity contribution in [2.45, 2.75) is 89.0 Å². The molecule has 2 aliphatic carbocycles. The molecule has 5 heteroatoms. The van der Waals surface area contributed by atoms with Crippen LogP contribution in [-0.4, -0.2) is 28.4 Å². The van der Waals surface area contributed by atoms with Gasteiger partial charge in [-0.25, -0.2) is 4.98 Å². The van der Waals surface area contributed by atoms with E-state index in [0.29, 0.717) is 24.2 Å². The zero-order chi connectivity index (χ0) is 26.6. The highest BCUT2D eigenvalue weighted by Crippen LogP contribution is 2.40. The number of ether oxygens (including phenoxy) is 1. The minimum absolute atomic E-state index is 0.161. The average Bonchev–Trinajstić information content (AvgIpc) is 2.96. The molecule has 3 aromatic rings. The highest BCUT2D eigenvalue weighted by atomic mass is 16.5. The summed E-state index contributed by atoms with van der Waals surface area (Å²) in [5, 5.41) is 1.03. The summed E-state index contributed by atoms with van der Waals surface area (Å²) in [4.78, 5) is 20.7. The third kappa shape index (κ3) is 5.98. The van der Waals surface area contributed by atoms with E-state index >= 15 is 0 Å². The molecule has 2 fully saturated rings. The van der Waals surface area contributed by atoms with E-state index in [9.17, 15) is 4.79 Å². The number of hydrogen-bond donors (Lipinski definition) is 1. The molecule has 2 aromatic carbocycles. The first kappa shape index (κ1) is 25.9. The number of fused-ring (bicyclic) bond motifs is 4. The summed E-state index contributed by atoms with van der Waals surface area (Å²) < 4.78 is 6.33. The number of amides is 1. The van der Waals surface area contributed by atoms with Gasteiger partial charge in [0.25, 0.3) is 0 Å². The predicted octanol–water partition coefficient (Wildman–Crippen LogP) is 7.94. The van der Waals surface area contributed by atoms with Crippen molar-refractivity contribution < 1.29 is 9.53 Å². The van der Waals surface area contributed by atoms with E-state index in [1.165, 1.54) is 56.9 Å². The molecule has 1 unspecified atom stereocenters. The summed E-state index contributed by atoms with van der Waals surface area (Å²) in [7, 11) is 0. The summed E-state index contributed by atoms with van der Waals surface area (Å²) in [5.41, 5.74) is 9.75. The Kier molecular flexibility index (Phi) is 7.85. The average molecular weight is 524 g/mol. The van der Waals surface area contributed by atoms with Crippen LogP contribution < -0.4 is 10.5 Å². The van der Waals surface area contributed by atoms with E-state index < -0.39 is 0 Å². The summed E-state index contributed by atoms with van der Waals surface area (Å²) >= 11 is 0. The van der Waals surface area contributed by atoms with Crippen LogP contribution in [0.4, 0.5) is 5.82 Å². The molecule has 204 valence electrons. The highest BCUT2D eigenvalue weighted by Gasteiger charge is 2.27. The molecule has 1 atom stereocenters. The lowest BCUT2D eigenvalue weighted by atomic mass is 9.76. The maximum atomic E-state index is 13.7. The molecule has 3 aliphatic rings. The standard InChI is InChI=1S/C34H41N3O2/c35-34-31-23-26-22-29(17-18-32(26)36-34)39-28-14-7-9-24(21-28)19-20-37(27-12-5-2-6-13-27)33(38)16-8-15-30(31)25-10-3-1-4-11-25/h7-9,14-15,17-18,21-23,25,27,30H,1-6,10-13,16,19-20H2,(H2,35,36). The Balaban J connectivity index is 1.40. The van der Waals surface area contributed by atoms with E-state index in [1.807, 2.05) is 24.3 Å². The molecule has 6 rings (SSSR count). The Bertz CT molecular complexity index is 1340. The number of nitrogen functional groups attached to an aromatic ring is 1. The van der Waals surface area contributed by atoms with Crippen LogP contribution >= 0.6 is 0 Å². The van der Waals surface area contributed by atoms with Crippen molar-refractivity contribution >= 4 is 22.6 Å². The maximum Gasteiger partial charge on any atom is 0.226 e. The van der Waals surface area contributed by atoms with Crippen molar-refractivity contribution in [1.82, 2.24) is 9.88 Å². The Hall–Kier alpha value is -3.34. The minimum atomic E-state index is 0.161. The van der Waals surface area contributed by atoms with Gasteiger partial charge in [0.1, 0.15) is 17.3 Å². The van der Waals surface area contributed by atoms with Gasteiger partial charge >= 0.3 is 0 Å². The van der Waals surface area contributed by atoms with Crippen LogP contribution in [0.2, 0.25) is 0 Å². The lowest BCUT2D eigenvalue weighted by molar-refractivity contribution is -0.133. The highest BCUT2D eigenvalue weighted by molar-refractivity contribution is 5.83. The van der Waals surface area contributed by atoms with Crippen molar-refractivity contribution in [3.63, 3.8) is 0 Å². The molecule has 2 heterocycles. The molecule has 5 bridgehead atoms. The van der Waals surface area contributed by atoms with Crippen molar-refractivity contribution in [2.75, 3.05) is 12.3 Å². The third-order valence-corrected chi connectivity index (χ3v) is 9.11. The van der Waals surface area contributed by atoms with E-state index in [-0.39, 0.29) is 11.8 Å². The maximum absolute atomic E-state index is 13.7. The first-order valence-electron chi connectivity index (χ1n) is 15.1. The second-order valence-electron chi connectivity index (χ2n) is 11.8. The Morgan fingerprint density at radius 3 is 2.46 bits per heavy atom. The monoisotopic (exact) mass is 523 g/mol. The second kappa shape index (κ2) is 11.8. The molecule has 0 radical (unpaired) electrons. The van der Waals surface area contributed by atoms with Gasteiger partial charge in [-0.2, -0.15) is 0 Å². The predicted molar refractivity (Wildman–Crippen MR) is 158 cm³/mol. The summed E-state index contributed by atoms with van der Waals surface area (Å²) in [6, 6.07) is 16.9. The molecular formula is C34H41N3O2. The molecule has 1 aliphatic heterocycles. The molecule has 2 saturated carbocycles. The SMILES string of the molecule is Nc1nc2ccc3cc2cc1C(C1CCCCC1)C=CCC(=O)N(C1CCCCC1)CCc1cccc(c1)O3. The number of anilines is 1. The number of nitrogens with two attached hydrogens (primary N) is 1. The number of pyridine rings is 1. The van der Waals surface area contributed by atoms with E-state index in [1.54, 1.807) is 0 Å². The van der Waals surface area contributed by atoms with Crippen LogP contribution in [0, 0.1) is 5.92 Å². The third-order valence-electron chi connectivity index (χ3n) is 9.11. The lowest BCUT2D eigenvalue weighted by Gasteiger charge is -2.34. The van der Waals surface area contributed by atoms with Crippen molar-refractivity contribution in [1.29, 1.82) is 0 Å². The van der Waals surface area contributed by atoms with Gasteiger partial charge in [-0.1, -0.05) is 62.8 Å². The minimum Gasteiger partial charge on any atom is -0.457 e. The van der Waals surface area contributed by atoms with E-state index in [0.717, 1.165) is 53.8 Å². The van der Waals surface area contributed by atoms with Gasteiger partial charge in [0.05, 0.1) is 5.52 Å². The quantitative estimate of drug-likeness (QED) is 0.346. The molecule has 39 heavy (non-hydrogen) atoms. The largest absolute Gasteiger partial charge is 0.457 e. The Morgan fingerprint density at radius 2 is 1.64 bits per heavy atom. The van der Waals surface area contributed by atoms with Crippen molar-refractivity contribution in [2.24, 2.45) is 5.92 Å². The number of aromatic nitrogens is 1. The van der Waals surface area contributed by atoms with Crippen molar-refractivity contribution in [3.8, 4) is 11.5 Å². The fourth-order valence-corrected chi connectivity index (χ4v) is 7.01. The molecule has 1 aromatic heterocycles. The zero-order valence-corrected chi connectivity index (χ0v) is 23.0. The second-order valence-corrected chi connectivity index (χ2v) is 11.8. The summed E-state index contributed by atoms with van der Waals surface area (Å²) in [6.07, 6.45) is 17.8. The van der Waals surface area contributed by atoms with Gasteiger partial charge < -0.3 is 15.4 Å². The topological polar surface area (TPSA) is 68.5 Å². The molecule has 1 amide bonds. The van der Waals surface area contributed by atoms with Gasteiger partial charge in [-0.3, -0.25) is 4.79 Å². The lowest BCUT2D eigenvalue weighted by Crippen LogP contribution is -2.42. The first-order chi connectivity index (χ1) is 19.1. The molecular weight excluding hydrogens is 482 g/mol. The summed E-state index contributed by atoms with van der Waals surface area (Å²) in [6.45, 7) is 0.746. The smallest absolute Gasteiger partial charge is 0.226 e. The van der Waals surface area contributed by atoms with Gasteiger partial charge in [0.2, 0.25) is 5.91 Å². The Labute approximate surface area is 232 Å². The number of hydrogen-bond acceptors (Lipinski definition) is 4. The van der Waals surface area contributed by atoms with Crippen LogP contribution in [0.25, 0.3) is 10.9 Å². The number of benzene rings is 2. The molecule has 0 spiro atoms. The van der Waals surface area contributed by atoms with E-state index in [2.05, 4.69) is 41.3 Å². The number of allylic oxidation sites excluding steroid dienone is 1.